The number of aromatic amines is 1. The minimum absolute atomic E-state index is 0.174. The van der Waals surface area contributed by atoms with Gasteiger partial charge in [-0.25, -0.2) is 0 Å². The number of amides is 1. The summed E-state index contributed by atoms with van der Waals surface area (Å²) in [7, 11) is 1.77. The Bertz CT molecular complexity index is 751. The van der Waals surface area contributed by atoms with E-state index in [1.807, 2.05) is 0 Å². The SMILES string of the molecule is Cc1nn(C)c2[nH]cc(C(=O)NC3CCCCCC3)c(=O)c12. The fourth-order valence-electron chi connectivity index (χ4n) is 3.29. The third-order valence-corrected chi connectivity index (χ3v) is 4.48. The number of hydrogen-bond acceptors (Lipinski definition) is 3. The highest BCUT2D eigenvalue weighted by Gasteiger charge is 2.20. The molecule has 0 unspecified atom stereocenters. The van der Waals surface area contributed by atoms with E-state index in [9.17, 15) is 9.59 Å². The lowest BCUT2D eigenvalue weighted by Gasteiger charge is -2.15. The monoisotopic (exact) mass is 302 g/mol. The summed E-state index contributed by atoms with van der Waals surface area (Å²) in [5.41, 5.74) is 1.22. The molecular formula is C16H22N4O2. The van der Waals surface area contributed by atoms with Gasteiger partial charge in [-0.2, -0.15) is 5.10 Å². The number of H-pyrrole nitrogens is 1. The van der Waals surface area contributed by atoms with Gasteiger partial charge >= 0.3 is 0 Å². The maximum absolute atomic E-state index is 12.6. The maximum atomic E-state index is 12.6. The van der Waals surface area contributed by atoms with Crippen LogP contribution in [0.3, 0.4) is 0 Å². The van der Waals surface area contributed by atoms with E-state index in [1.165, 1.54) is 19.0 Å². The molecule has 0 spiro atoms. The number of fused-ring (bicyclic) bond motifs is 1. The van der Waals surface area contributed by atoms with Crippen LogP contribution >= 0.6 is 0 Å². The minimum Gasteiger partial charge on any atom is -0.349 e. The van der Waals surface area contributed by atoms with Crippen molar-refractivity contribution >= 4 is 16.9 Å². The molecule has 0 bridgehead atoms. The van der Waals surface area contributed by atoms with Gasteiger partial charge in [-0.3, -0.25) is 14.3 Å². The quantitative estimate of drug-likeness (QED) is 0.833. The molecule has 2 aromatic rings. The van der Waals surface area contributed by atoms with Gasteiger partial charge in [0.05, 0.1) is 11.1 Å². The molecule has 6 heteroatoms. The zero-order chi connectivity index (χ0) is 15.7. The predicted molar refractivity (Wildman–Crippen MR) is 85.0 cm³/mol. The van der Waals surface area contributed by atoms with E-state index in [2.05, 4.69) is 15.4 Å². The summed E-state index contributed by atoms with van der Waals surface area (Å²) in [6.45, 7) is 1.78. The van der Waals surface area contributed by atoms with Crippen molar-refractivity contribution in [2.75, 3.05) is 0 Å². The van der Waals surface area contributed by atoms with Gasteiger partial charge in [0.25, 0.3) is 5.91 Å². The first-order valence-electron chi connectivity index (χ1n) is 7.94. The summed E-state index contributed by atoms with van der Waals surface area (Å²) >= 11 is 0. The number of hydrogen-bond donors (Lipinski definition) is 2. The minimum atomic E-state index is -0.279. The number of pyridine rings is 1. The molecule has 1 aliphatic carbocycles. The number of rotatable bonds is 2. The van der Waals surface area contributed by atoms with Gasteiger partial charge in [-0.15, -0.1) is 0 Å². The maximum Gasteiger partial charge on any atom is 0.256 e. The Labute approximate surface area is 128 Å². The molecule has 22 heavy (non-hydrogen) atoms. The Morgan fingerprint density at radius 1 is 1.32 bits per heavy atom. The van der Waals surface area contributed by atoms with Gasteiger partial charge in [0.15, 0.2) is 0 Å². The summed E-state index contributed by atoms with van der Waals surface area (Å²) < 4.78 is 1.62. The molecule has 2 N–H and O–H groups in total. The fraction of sp³-hybridized carbons (Fsp3) is 0.562. The van der Waals surface area contributed by atoms with Gasteiger partial charge in [0.2, 0.25) is 5.43 Å². The third-order valence-electron chi connectivity index (χ3n) is 4.48. The van der Waals surface area contributed by atoms with Crippen molar-refractivity contribution < 1.29 is 4.79 Å². The Hall–Kier alpha value is -2.11. The molecule has 0 radical (unpaired) electrons. The first-order valence-corrected chi connectivity index (χ1v) is 7.94. The molecule has 3 rings (SSSR count). The molecule has 0 atom stereocenters. The van der Waals surface area contributed by atoms with Crippen LogP contribution in [-0.4, -0.2) is 26.7 Å². The van der Waals surface area contributed by atoms with Crippen LogP contribution in [0, 0.1) is 6.92 Å². The second-order valence-corrected chi connectivity index (χ2v) is 6.13. The van der Waals surface area contributed by atoms with Crippen LogP contribution in [0.5, 0.6) is 0 Å². The molecule has 1 fully saturated rings. The fourth-order valence-corrected chi connectivity index (χ4v) is 3.29. The number of aryl methyl sites for hydroxylation is 2. The average Bonchev–Trinajstić information content (AvgIpc) is 2.67. The molecule has 2 aromatic heterocycles. The zero-order valence-corrected chi connectivity index (χ0v) is 13.1. The number of nitrogens with one attached hydrogen (secondary N) is 2. The average molecular weight is 302 g/mol. The van der Waals surface area contributed by atoms with Crippen molar-refractivity contribution in [3.8, 4) is 0 Å². The summed E-state index contributed by atoms with van der Waals surface area (Å²) in [4.78, 5) is 28.0. The lowest BCUT2D eigenvalue weighted by molar-refractivity contribution is 0.0932. The number of carbonyl (C=O) groups excluding carboxylic acids is 1. The standard InChI is InChI=1S/C16H22N4O2/c1-10-13-14(21)12(9-17-15(13)20(2)19-10)16(22)18-11-7-5-3-4-6-8-11/h9,11H,3-8H2,1-2H3,(H,17,21)(H,18,22). The van der Waals surface area contributed by atoms with E-state index in [4.69, 9.17) is 0 Å². The van der Waals surface area contributed by atoms with Gasteiger partial charge in [0, 0.05) is 19.3 Å². The first kappa shape index (κ1) is 14.8. The van der Waals surface area contributed by atoms with E-state index in [-0.39, 0.29) is 22.9 Å². The second-order valence-electron chi connectivity index (χ2n) is 6.13. The Kier molecular flexibility index (Phi) is 4.00. The second kappa shape index (κ2) is 5.94. The van der Waals surface area contributed by atoms with Gasteiger partial charge in [0.1, 0.15) is 11.2 Å². The first-order chi connectivity index (χ1) is 10.6. The van der Waals surface area contributed by atoms with Crippen molar-refractivity contribution in [3.63, 3.8) is 0 Å². The Balaban J connectivity index is 1.89. The van der Waals surface area contributed by atoms with Crippen LogP contribution in [0.25, 0.3) is 11.0 Å². The van der Waals surface area contributed by atoms with Crippen molar-refractivity contribution in [2.45, 2.75) is 51.5 Å². The van der Waals surface area contributed by atoms with Crippen LogP contribution < -0.4 is 10.7 Å². The Morgan fingerprint density at radius 3 is 2.68 bits per heavy atom. The summed E-state index contributed by atoms with van der Waals surface area (Å²) in [6.07, 6.45) is 8.24. The normalized spacial score (nSPS) is 16.6. The number of nitrogens with zero attached hydrogens (tertiary/aromatic N) is 2. The molecule has 1 aliphatic rings. The molecule has 2 heterocycles. The molecule has 118 valence electrons. The summed E-state index contributed by atoms with van der Waals surface area (Å²) in [5, 5.41) is 7.75. The van der Waals surface area contributed by atoms with Gasteiger partial charge in [-0.1, -0.05) is 25.7 Å². The van der Waals surface area contributed by atoms with Crippen LogP contribution in [-0.2, 0) is 7.05 Å². The highest BCUT2D eigenvalue weighted by atomic mass is 16.2. The highest BCUT2D eigenvalue weighted by molar-refractivity contribution is 5.97. The van der Waals surface area contributed by atoms with Crippen molar-refractivity contribution in [1.29, 1.82) is 0 Å². The number of carbonyl (C=O) groups is 1. The van der Waals surface area contributed by atoms with Crippen LogP contribution in [0.2, 0.25) is 0 Å². The lowest BCUT2D eigenvalue weighted by Crippen LogP contribution is -2.37. The van der Waals surface area contributed by atoms with Crippen LogP contribution in [0.1, 0.15) is 54.6 Å². The van der Waals surface area contributed by atoms with Crippen molar-refractivity contribution in [1.82, 2.24) is 20.1 Å². The van der Waals surface area contributed by atoms with Crippen molar-refractivity contribution in [3.05, 3.63) is 27.7 Å². The predicted octanol–water partition coefficient (Wildman–Crippen LogP) is 2.02. The molecule has 1 saturated carbocycles. The molecule has 1 amide bonds. The van der Waals surface area contributed by atoms with E-state index in [1.54, 1.807) is 18.7 Å². The topological polar surface area (TPSA) is 79.8 Å². The highest BCUT2D eigenvalue weighted by Crippen LogP contribution is 2.18. The number of aromatic nitrogens is 3. The van der Waals surface area contributed by atoms with Gasteiger partial charge in [-0.05, 0) is 19.8 Å². The molecule has 6 nitrogen and oxygen atoms in total. The lowest BCUT2D eigenvalue weighted by atomic mass is 10.1. The molecular weight excluding hydrogens is 280 g/mol. The molecule has 0 aliphatic heterocycles. The van der Waals surface area contributed by atoms with E-state index in [0.29, 0.717) is 16.7 Å². The van der Waals surface area contributed by atoms with E-state index >= 15 is 0 Å². The van der Waals surface area contributed by atoms with Crippen LogP contribution in [0.4, 0.5) is 0 Å². The Morgan fingerprint density at radius 2 is 2.00 bits per heavy atom. The molecule has 0 aromatic carbocycles. The smallest absolute Gasteiger partial charge is 0.256 e. The van der Waals surface area contributed by atoms with E-state index < -0.39 is 0 Å². The molecule has 0 saturated heterocycles. The zero-order valence-electron chi connectivity index (χ0n) is 13.1. The van der Waals surface area contributed by atoms with Gasteiger partial charge < -0.3 is 10.3 Å². The summed E-state index contributed by atoms with van der Waals surface area (Å²) in [5.74, 6) is -0.279. The summed E-state index contributed by atoms with van der Waals surface area (Å²) in [6, 6.07) is 0.181. The third kappa shape index (κ3) is 2.65. The van der Waals surface area contributed by atoms with E-state index in [0.717, 1.165) is 25.7 Å². The van der Waals surface area contributed by atoms with Crippen molar-refractivity contribution in [2.24, 2.45) is 7.05 Å². The van der Waals surface area contributed by atoms with Crippen LogP contribution in [0.15, 0.2) is 11.0 Å². The largest absolute Gasteiger partial charge is 0.349 e.